The third-order valence-electron chi connectivity index (χ3n) is 1.05. The highest BCUT2D eigenvalue weighted by Crippen LogP contribution is 1.95. The Morgan fingerprint density at radius 1 is 1.80 bits per heavy atom. The molecule has 0 aromatic rings. The molecule has 1 aliphatic heterocycles. The van der Waals surface area contributed by atoms with E-state index in [1.807, 2.05) is 0 Å². The molecule has 58 valence electrons. The van der Waals surface area contributed by atoms with Crippen molar-refractivity contribution in [2.24, 2.45) is 10.7 Å². The molecule has 0 spiro atoms. The predicted octanol–water partition coefficient (Wildman–Crippen LogP) is -4.19. The maximum Gasteiger partial charge on any atom is 0.254 e. The van der Waals surface area contributed by atoms with E-state index in [4.69, 9.17) is 5.73 Å². The second kappa shape index (κ2) is 3.21. The number of nitro groups is 1. The van der Waals surface area contributed by atoms with E-state index in [9.17, 15) is 10.1 Å². The first-order chi connectivity index (χ1) is 4.22. The molecule has 6 nitrogen and oxygen atoms in total. The zero-order valence-electron chi connectivity index (χ0n) is 5.03. The predicted molar refractivity (Wildman–Crippen MR) is 30.2 cm³/mol. The lowest BCUT2D eigenvalue weighted by Gasteiger charge is -2.02. The number of aliphatic imine (C=N–C) groups is 1. The van der Waals surface area contributed by atoms with E-state index >= 15 is 0 Å². The highest BCUT2D eigenvalue weighted by Gasteiger charge is 2.22. The second-order valence-corrected chi connectivity index (χ2v) is 1.60. The van der Waals surface area contributed by atoms with Crippen molar-refractivity contribution < 1.29 is 17.4 Å². The molecule has 0 saturated carbocycles. The van der Waals surface area contributed by atoms with Gasteiger partial charge in [-0.1, -0.05) is 5.01 Å². The van der Waals surface area contributed by atoms with Crippen LogP contribution in [-0.4, -0.2) is 29.1 Å². The van der Waals surface area contributed by atoms with Gasteiger partial charge in [-0.05, 0) is 0 Å². The van der Waals surface area contributed by atoms with Gasteiger partial charge in [-0.3, -0.25) is 0 Å². The van der Waals surface area contributed by atoms with Crippen LogP contribution in [0.1, 0.15) is 0 Å². The Bertz CT molecular complexity index is 170. The van der Waals surface area contributed by atoms with E-state index in [-0.39, 0.29) is 18.4 Å². The van der Waals surface area contributed by atoms with Gasteiger partial charge < -0.3 is 18.1 Å². The molecule has 0 atom stereocenters. The number of halogens is 1. The summed E-state index contributed by atoms with van der Waals surface area (Å²) in [6, 6.07) is 0. The summed E-state index contributed by atoms with van der Waals surface area (Å²) in [5.41, 5.74) is 5.11. The zero-order valence-corrected chi connectivity index (χ0v) is 5.78. The van der Waals surface area contributed by atoms with Crippen molar-refractivity contribution in [3.8, 4) is 0 Å². The Hall–Kier alpha value is -1.04. The smallest absolute Gasteiger partial charge is 0.254 e. The van der Waals surface area contributed by atoms with Crippen LogP contribution in [0.15, 0.2) is 4.99 Å². The van der Waals surface area contributed by atoms with E-state index in [1.165, 1.54) is 0 Å². The molecule has 0 fully saturated rings. The number of hydrogen-bond acceptors (Lipinski definition) is 4. The van der Waals surface area contributed by atoms with E-state index < -0.39 is 5.03 Å². The first-order valence-corrected chi connectivity index (χ1v) is 2.43. The highest BCUT2D eigenvalue weighted by molar-refractivity contribution is 5.78. The molecule has 0 saturated heterocycles. The average molecular weight is 166 g/mol. The third kappa shape index (κ3) is 1.47. The summed E-state index contributed by atoms with van der Waals surface area (Å²) in [5.74, 6) is 0.000000000000000444. The second-order valence-electron chi connectivity index (χ2n) is 1.60. The fourth-order valence-corrected chi connectivity index (χ4v) is 0.621. The summed E-state index contributed by atoms with van der Waals surface area (Å²) < 4.78 is 0. The molecular formula is C3H6ClN4O2-. The topological polar surface area (TPSA) is 84.8 Å². The Kier molecular flexibility index (Phi) is 2.88. The van der Waals surface area contributed by atoms with Gasteiger partial charge in [0.05, 0.1) is 6.54 Å². The van der Waals surface area contributed by atoms with Gasteiger partial charge in [0.15, 0.2) is 5.03 Å². The van der Waals surface area contributed by atoms with Gasteiger partial charge in [0.1, 0.15) is 6.54 Å². The molecule has 0 aliphatic carbocycles. The fourth-order valence-electron chi connectivity index (χ4n) is 0.621. The molecule has 1 aliphatic rings. The molecule has 0 aromatic heterocycles. The van der Waals surface area contributed by atoms with Crippen LogP contribution in [0.3, 0.4) is 0 Å². The van der Waals surface area contributed by atoms with Crippen molar-refractivity contribution in [3.05, 3.63) is 10.1 Å². The number of rotatable bonds is 1. The van der Waals surface area contributed by atoms with Crippen LogP contribution in [0.2, 0.25) is 0 Å². The van der Waals surface area contributed by atoms with Gasteiger partial charge >= 0.3 is 0 Å². The molecule has 0 bridgehead atoms. The first kappa shape index (κ1) is 8.96. The molecule has 1 heterocycles. The molecule has 7 heteroatoms. The first-order valence-electron chi connectivity index (χ1n) is 2.43. The lowest BCUT2D eigenvalue weighted by atomic mass is 10.7. The number of nitrogens with zero attached hydrogens (tertiary/aromatic N) is 3. The van der Waals surface area contributed by atoms with Gasteiger partial charge in [0.25, 0.3) is 5.96 Å². The van der Waals surface area contributed by atoms with Crippen LogP contribution in [0.25, 0.3) is 0 Å². The van der Waals surface area contributed by atoms with E-state index in [2.05, 4.69) is 4.99 Å². The van der Waals surface area contributed by atoms with Gasteiger partial charge in [-0.2, -0.15) is 0 Å². The summed E-state index contributed by atoms with van der Waals surface area (Å²) in [6.45, 7) is 0.714. The van der Waals surface area contributed by atoms with Crippen molar-refractivity contribution >= 4 is 5.96 Å². The van der Waals surface area contributed by atoms with E-state index in [0.717, 1.165) is 5.01 Å². The van der Waals surface area contributed by atoms with Crippen molar-refractivity contribution in [1.29, 1.82) is 0 Å². The number of hydrogen-bond donors (Lipinski definition) is 1. The Labute approximate surface area is 63.2 Å². The van der Waals surface area contributed by atoms with Crippen molar-refractivity contribution in [2.45, 2.75) is 0 Å². The maximum absolute atomic E-state index is 9.98. The summed E-state index contributed by atoms with van der Waals surface area (Å²) in [7, 11) is 0. The van der Waals surface area contributed by atoms with Crippen LogP contribution < -0.4 is 18.1 Å². The molecule has 2 N–H and O–H groups in total. The lowest BCUT2D eigenvalue weighted by molar-refractivity contribution is -0.627. The van der Waals surface area contributed by atoms with Crippen LogP contribution in [0.5, 0.6) is 0 Å². The van der Waals surface area contributed by atoms with Crippen molar-refractivity contribution in [1.82, 2.24) is 5.01 Å². The Morgan fingerprint density at radius 3 is 2.60 bits per heavy atom. The largest absolute Gasteiger partial charge is 1.00 e. The summed E-state index contributed by atoms with van der Waals surface area (Å²) in [5, 5.41) is 10.2. The fraction of sp³-hybridized carbons (Fsp3) is 0.667. The van der Waals surface area contributed by atoms with Crippen LogP contribution in [0, 0.1) is 10.1 Å². The SMILES string of the molecule is NC1=NCCN1[N+](=O)[O-].[Cl-]. The summed E-state index contributed by atoms with van der Waals surface area (Å²) >= 11 is 0. The van der Waals surface area contributed by atoms with Crippen molar-refractivity contribution in [2.75, 3.05) is 13.1 Å². The van der Waals surface area contributed by atoms with Crippen LogP contribution >= 0.6 is 0 Å². The van der Waals surface area contributed by atoms with E-state index in [0.29, 0.717) is 13.1 Å². The number of guanidine groups is 1. The minimum atomic E-state index is -0.564. The summed E-state index contributed by atoms with van der Waals surface area (Å²) in [6.07, 6.45) is 0. The average Bonchev–Trinajstić information content (AvgIpc) is 2.13. The third-order valence-corrected chi connectivity index (χ3v) is 1.05. The number of nitrogens with two attached hydrogens (primary N) is 1. The molecule has 0 aromatic carbocycles. The van der Waals surface area contributed by atoms with Gasteiger partial charge in [0.2, 0.25) is 0 Å². The van der Waals surface area contributed by atoms with Crippen molar-refractivity contribution in [3.63, 3.8) is 0 Å². The minimum Gasteiger partial charge on any atom is -1.00 e. The van der Waals surface area contributed by atoms with E-state index in [1.54, 1.807) is 0 Å². The Morgan fingerprint density at radius 2 is 2.40 bits per heavy atom. The van der Waals surface area contributed by atoms with Gasteiger partial charge in [-0.25, -0.2) is 15.1 Å². The molecule has 10 heavy (non-hydrogen) atoms. The lowest BCUT2D eigenvalue weighted by Crippen LogP contribution is -3.00. The minimum absolute atomic E-state index is 0. The molecule has 0 unspecified atom stereocenters. The molecule has 1 rings (SSSR count). The maximum atomic E-state index is 9.98. The molecular weight excluding hydrogens is 160 g/mol. The van der Waals surface area contributed by atoms with Crippen LogP contribution in [0.4, 0.5) is 0 Å². The molecule has 0 amide bonds. The quantitative estimate of drug-likeness (QED) is 0.316. The monoisotopic (exact) mass is 165 g/mol. The van der Waals surface area contributed by atoms with Gasteiger partial charge in [-0.15, -0.1) is 0 Å². The summed E-state index contributed by atoms with van der Waals surface area (Å²) in [4.78, 5) is 13.6. The number of hydrazine groups is 1. The highest BCUT2D eigenvalue weighted by atomic mass is 35.5. The standard InChI is InChI=1S/C3H6N4O2.ClH/c4-3-5-1-2-6(3)7(8)9;/h1-2H2,(H2,4,5);1H/p-1. The zero-order chi connectivity index (χ0) is 6.85. The Balaban J connectivity index is 0.000000810. The molecule has 0 radical (unpaired) electrons. The van der Waals surface area contributed by atoms with Gasteiger partial charge in [0, 0.05) is 0 Å². The van der Waals surface area contributed by atoms with Crippen LogP contribution in [-0.2, 0) is 0 Å². The normalized spacial score (nSPS) is 16.0.